The molecule has 2 N–H and O–H groups in total. The minimum Gasteiger partial charge on any atom is -0.488 e. The SMILES string of the molecule is Cc1c(OC(C)CNc2c(F)c(F)c(F)c(F)c2F)cccc1O[C@@H](C)CNc1c(F)c(C)c(F)c(F)c1F. The molecule has 0 bridgehead atoms. The molecule has 0 saturated heterocycles. The summed E-state index contributed by atoms with van der Waals surface area (Å²) in [6.07, 6.45) is -1.56. The number of anilines is 2. The molecule has 3 aromatic carbocycles. The standard InChI is InChI=1S/C26H23F9N2O2/c1-10(8-36-25-17(28)13(4)16(27)18(29)22(25)33)38-14-6-5-7-15(12(14)3)39-11(2)9-37-26-23(34)20(31)19(30)21(32)24(26)35/h5-7,10-11,36-37H,8-9H2,1-4H3/t10-,11?/m0/s1. The van der Waals surface area contributed by atoms with E-state index in [1.165, 1.54) is 13.0 Å². The van der Waals surface area contributed by atoms with Crippen molar-refractivity contribution in [2.45, 2.75) is 39.9 Å². The predicted octanol–water partition coefficient (Wildman–Crippen LogP) is 7.31. The molecular weight excluding hydrogens is 543 g/mol. The maximum atomic E-state index is 14.2. The Morgan fingerprint density at radius 3 is 1.33 bits per heavy atom. The molecule has 0 heterocycles. The third-order valence-corrected chi connectivity index (χ3v) is 5.72. The van der Waals surface area contributed by atoms with Crippen molar-refractivity contribution < 1.29 is 49.0 Å². The van der Waals surface area contributed by atoms with Crippen molar-refractivity contribution in [2.24, 2.45) is 0 Å². The second-order valence-corrected chi connectivity index (χ2v) is 8.70. The van der Waals surface area contributed by atoms with E-state index in [4.69, 9.17) is 9.47 Å². The summed E-state index contributed by atoms with van der Waals surface area (Å²) >= 11 is 0. The fourth-order valence-electron chi connectivity index (χ4n) is 3.52. The number of hydrogen-bond acceptors (Lipinski definition) is 4. The van der Waals surface area contributed by atoms with Gasteiger partial charge >= 0.3 is 0 Å². The van der Waals surface area contributed by atoms with Gasteiger partial charge in [0, 0.05) is 11.1 Å². The maximum absolute atomic E-state index is 14.2. The summed E-state index contributed by atoms with van der Waals surface area (Å²) in [6.45, 7) is 5.05. The molecule has 0 spiro atoms. The van der Waals surface area contributed by atoms with Crippen molar-refractivity contribution in [1.29, 1.82) is 0 Å². The van der Waals surface area contributed by atoms with Crippen LogP contribution in [-0.2, 0) is 0 Å². The normalized spacial score (nSPS) is 12.7. The zero-order valence-electron chi connectivity index (χ0n) is 21.0. The van der Waals surface area contributed by atoms with Crippen molar-refractivity contribution in [3.05, 3.63) is 81.7 Å². The van der Waals surface area contributed by atoms with Crippen molar-refractivity contribution in [3.63, 3.8) is 0 Å². The summed E-state index contributed by atoms with van der Waals surface area (Å²) in [5.74, 6) is -16.3. The first kappa shape index (κ1) is 29.8. The Morgan fingerprint density at radius 1 is 0.538 bits per heavy atom. The second-order valence-electron chi connectivity index (χ2n) is 8.70. The Hall–Kier alpha value is -3.77. The maximum Gasteiger partial charge on any atom is 0.200 e. The average molecular weight is 566 g/mol. The van der Waals surface area contributed by atoms with Crippen molar-refractivity contribution in [2.75, 3.05) is 23.7 Å². The van der Waals surface area contributed by atoms with Crippen LogP contribution in [0.4, 0.5) is 50.9 Å². The summed E-state index contributed by atoms with van der Waals surface area (Å²) in [5, 5.41) is 4.53. The Bertz CT molecular complexity index is 1230. The first-order valence-corrected chi connectivity index (χ1v) is 11.5. The third kappa shape index (κ3) is 6.12. The van der Waals surface area contributed by atoms with Gasteiger partial charge in [0.25, 0.3) is 0 Å². The third-order valence-electron chi connectivity index (χ3n) is 5.72. The van der Waals surface area contributed by atoms with Crippen LogP contribution < -0.4 is 20.1 Å². The van der Waals surface area contributed by atoms with Crippen LogP contribution in [0.15, 0.2) is 18.2 Å². The molecular formula is C26H23F9N2O2. The fraction of sp³-hybridized carbons (Fsp3) is 0.308. The molecule has 0 fully saturated rings. The number of halogens is 9. The van der Waals surface area contributed by atoms with E-state index >= 15 is 0 Å². The molecule has 4 nitrogen and oxygen atoms in total. The van der Waals surface area contributed by atoms with Gasteiger partial charge in [-0.2, -0.15) is 0 Å². The highest BCUT2D eigenvalue weighted by molar-refractivity contribution is 5.51. The van der Waals surface area contributed by atoms with Gasteiger partial charge in [-0.3, -0.25) is 0 Å². The molecule has 1 unspecified atom stereocenters. The van der Waals surface area contributed by atoms with Crippen LogP contribution in [0.2, 0.25) is 0 Å². The van der Waals surface area contributed by atoms with Gasteiger partial charge in [0.05, 0.1) is 13.1 Å². The second kappa shape index (κ2) is 12.0. The monoisotopic (exact) mass is 566 g/mol. The van der Waals surface area contributed by atoms with Gasteiger partial charge in [0.15, 0.2) is 46.5 Å². The van der Waals surface area contributed by atoms with Crippen LogP contribution in [0, 0.1) is 66.2 Å². The minimum atomic E-state index is -2.27. The molecule has 0 aliphatic heterocycles. The molecule has 0 aliphatic carbocycles. The smallest absolute Gasteiger partial charge is 0.200 e. The molecule has 13 heteroatoms. The molecule has 0 aliphatic rings. The molecule has 0 amide bonds. The summed E-state index contributed by atoms with van der Waals surface area (Å²) in [4.78, 5) is 0. The minimum absolute atomic E-state index is 0.203. The van der Waals surface area contributed by atoms with Crippen molar-refractivity contribution >= 4 is 11.4 Å². The molecule has 0 aromatic heterocycles. The molecule has 2 atom stereocenters. The average Bonchev–Trinajstić information content (AvgIpc) is 2.90. The number of nitrogens with one attached hydrogen (secondary N) is 2. The van der Waals surface area contributed by atoms with E-state index < -0.39 is 81.5 Å². The van der Waals surface area contributed by atoms with Gasteiger partial charge in [0.1, 0.15) is 35.1 Å². The highest BCUT2D eigenvalue weighted by atomic mass is 19.2. The first-order chi connectivity index (χ1) is 18.3. The van der Waals surface area contributed by atoms with E-state index in [0.717, 1.165) is 6.92 Å². The van der Waals surface area contributed by atoms with Gasteiger partial charge in [-0.05, 0) is 39.8 Å². The topological polar surface area (TPSA) is 42.5 Å². The number of benzene rings is 3. The molecule has 0 radical (unpaired) electrons. The lowest BCUT2D eigenvalue weighted by molar-refractivity contribution is 0.218. The Morgan fingerprint density at radius 2 is 0.897 bits per heavy atom. The van der Waals surface area contributed by atoms with Gasteiger partial charge in [-0.15, -0.1) is 0 Å². The molecule has 0 saturated carbocycles. The van der Waals surface area contributed by atoms with Gasteiger partial charge in [0.2, 0.25) is 5.82 Å². The number of hydrogen-bond donors (Lipinski definition) is 2. The van der Waals surface area contributed by atoms with Gasteiger partial charge in [-0.1, -0.05) is 6.07 Å². The van der Waals surface area contributed by atoms with E-state index in [1.807, 2.05) is 0 Å². The van der Waals surface area contributed by atoms with Gasteiger partial charge < -0.3 is 20.1 Å². The van der Waals surface area contributed by atoms with E-state index in [-0.39, 0.29) is 24.6 Å². The Balaban J connectivity index is 1.65. The van der Waals surface area contributed by atoms with E-state index in [0.29, 0.717) is 5.56 Å². The predicted molar refractivity (Wildman–Crippen MR) is 126 cm³/mol. The van der Waals surface area contributed by atoms with E-state index in [1.54, 1.807) is 26.0 Å². The lowest BCUT2D eigenvalue weighted by Gasteiger charge is -2.22. The summed E-state index contributed by atoms with van der Waals surface area (Å²) in [7, 11) is 0. The van der Waals surface area contributed by atoms with Crippen LogP contribution in [0.25, 0.3) is 0 Å². The summed E-state index contributed by atoms with van der Waals surface area (Å²) in [6, 6.07) is 4.63. The number of ether oxygens (including phenoxy) is 2. The van der Waals surface area contributed by atoms with E-state index in [9.17, 15) is 39.5 Å². The van der Waals surface area contributed by atoms with Crippen LogP contribution in [0.5, 0.6) is 11.5 Å². The van der Waals surface area contributed by atoms with Crippen molar-refractivity contribution in [1.82, 2.24) is 0 Å². The van der Waals surface area contributed by atoms with Crippen molar-refractivity contribution in [3.8, 4) is 11.5 Å². The highest BCUT2D eigenvalue weighted by Crippen LogP contribution is 2.31. The van der Waals surface area contributed by atoms with Crippen LogP contribution in [0.3, 0.4) is 0 Å². The largest absolute Gasteiger partial charge is 0.488 e. The summed E-state index contributed by atoms with van der Waals surface area (Å²) < 4.78 is 135. The Kier molecular flexibility index (Phi) is 9.13. The van der Waals surface area contributed by atoms with Crippen LogP contribution in [-0.4, -0.2) is 25.3 Å². The Labute approximate surface area is 217 Å². The molecule has 3 aromatic rings. The molecule has 3 rings (SSSR count). The number of rotatable bonds is 10. The fourth-order valence-corrected chi connectivity index (χ4v) is 3.52. The van der Waals surface area contributed by atoms with Gasteiger partial charge in [-0.25, -0.2) is 39.5 Å². The van der Waals surface area contributed by atoms with E-state index in [2.05, 4.69) is 10.6 Å². The first-order valence-electron chi connectivity index (χ1n) is 11.5. The quantitative estimate of drug-likeness (QED) is 0.153. The zero-order chi connectivity index (χ0) is 29.2. The summed E-state index contributed by atoms with van der Waals surface area (Å²) in [5.41, 5.74) is -2.27. The highest BCUT2D eigenvalue weighted by Gasteiger charge is 2.26. The lowest BCUT2D eigenvalue weighted by atomic mass is 10.1. The zero-order valence-corrected chi connectivity index (χ0v) is 21.0. The van der Waals surface area contributed by atoms with Crippen LogP contribution >= 0.6 is 0 Å². The lowest BCUT2D eigenvalue weighted by Crippen LogP contribution is -2.25. The molecule has 39 heavy (non-hydrogen) atoms. The van der Waals surface area contributed by atoms with Crippen LogP contribution in [0.1, 0.15) is 25.0 Å². The molecule has 212 valence electrons.